The van der Waals surface area contributed by atoms with E-state index in [4.69, 9.17) is 0 Å². The van der Waals surface area contributed by atoms with Gasteiger partial charge >= 0.3 is 0 Å². The van der Waals surface area contributed by atoms with Crippen LogP contribution >= 0.6 is 12.4 Å². The van der Waals surface area contributed by atoms with Gasteiger partial charge in [-0.15, -0.1) is 12.4 Å². The highest BCUT2D eigenvalue weighted by molar-refractivity contribution is 5.95. The lowest BCUT2D eigenvalue weighted by molar-refractivity contribution is 0.0916. The molecule has 10 heteroatoms. The highest BCUT2D eigenvalue weighted by Gasteiger charge is 2.30. The van der Waals surface area contributed by atoms with Gasteiger partial charge in [0.1, 0.15) is 17.2 Å². The third-order valence-electron chi connectivity index (χ3n) is 5.56. The van der Waals surface area contributed by atoms with Crippen LogP contribution in [0.5, 0.6) is 0 Å². The lowest BCUT2D eigenvalue weighted by atomic mass is 9.85. The van der Waals surface area contributed by atoms with E-state index >= 15 is 0 Å². The number of hydrogen-bond donors (Lipinski definition) is 2. The summed E-state index contributed by atoms with van der Waals surface area (Å²) in [5, 5.41) is 9.72. The number of rotatable bonds is 4. The zero-order valence-corrected chi connectivity index (χ0v) is 17.9. The molecule has 1 aliphatic rings. The van der Waals surface area contributed by atoms with E-state index in [0.717, 1.165) is 24.3 Å². The van der Waals surface area contributed by atoms with Crippen molar-refractivity contribution >= 4 is 18.3 Å². The zero-order valence-electron chi connectivity index (χ0n) is 17.0. The predicted octanol–water partition coefficient (Wildman–Crippen LogP) is 3.94. The fourth-order valence-electron chi connectivity index (χ4n) is 3.99. The summed E-state index contributed by atoms with van der Waals surface area (Å²) in [7, 11) is 1.64. The van der Waals surface area contributed by atoms with Crippen LogP contribution in [0.4, 0.5) is 17.6 Å². The molecule has 1 aliphatic heterocycles. The van der Waals surface area contributed by atoms with E-state index in [0.29, 0.717) is 30.8 Å². The van der Waals surface area contributed by atoms with E-state index in [2.05, 4.69) is 15.7 Å². The quantitative estimate of drug-likeness (QED) is 0.570. The molecule has 0 bridgehead atoms. The number of nitrogens with zero attached hydrogens (tertiary/aromatic N) is 2. The van der Waals surface area contributed by atoms with Gasteiger partial charge in [-0.25, -0.2) is 17.6 Å². The van der Waals surface area contributed by atoms with Crippen molar-refractivity contribution in [1.82, 2.24) is 20.4 Å². The topological polar surface area (TPSA) is 59.0 Å². The van der Waals surface area contributed by atoms with Crippen LogP contribution in [-0.2, 0) is 7.05 Å². The van der Waals surface area contributed by atoms with Crippen molar-refractivity contribution < 1.29 is 22.4 Å². The molecule has 0 saturated carbocycles. The number of nitrogens with one attached hydrogen (secondary N) is 2. The average Bonchev–Trinajstić information content (AvgIpc) is 3.16. The Morgan fingerprint density at radius 3 is 2.41 bits per heavy atom. The maximum atomic E-state index is 14.7. The number of benzene rings is 2. The van der Waals surface area contributed by atoms with Crippen LogP contribution in [0.3, 0.4) is 0 Å². The first-order chi connectivity index (χ1) is 14.8. The molecule has 0 radical (unpaired) electrons. The molecule has 2 heterocycles. The Hall–Kier alpha value is -2.91. The van der Waals surface area contributed by atoms with Crippen LogP contribution in [0.2, 0.25) is 0 Å². The number of aromatic nitrogens is 2. The molecule has 0 aliphatic carbocycles. The molecule has 2 atom stereocenters. The van der Waals surface area contributed by atoms with Crippen LogP contribution in [0.25, 0.3) is 11.3 Å². The summed E-state index contributed by atoms with van der Waals surface area (Å²) in [4.78, 5) is 12.7. The van der Waals surface area contributed by atoms with Gasteiger partial charge in [0.2, 0.25) is 0 Å². The largest absolute Gasteiger partial charge is 0.347 e. The fourth-order valence-corrected chi connectivity index (χ4v) is 3.99. The van der Waals surface area contributed by atoms with Crippen LogP contribution < -0.4 is 10.6 Å². The molecule has 1 amide bonds. The Balaban J connectivity index is 0.00000289. The second-order valence-electron chi connectivity index (χ2n) is 7.51. The van der Waals surface area contributed by atoms with Gasteiger partial charge in [0.25, 0.3) is 5.91 Å². The zero-order chi connectivity index (χ0) is 22.1. The predicted molar refractivity (Wildman–Crippen MR) is 114 cm³/mol. The third-order valence-corrected chi connectivity index (χ3v) is 5.56. The maximum Gasteiger partial charge on any atom is 0.257 e. The number of aryl methyl sites for hydroxylation is 1. The molecular formula is C22H21ClF4N4O. The highest BCUT2D eigenvalue weighted by Crippen LogP contribution is 2.28. The van der Waals surface area contributed by atoms with Crippen molar-refractivity contribution in [3.05, 3.63) is 77.0 Å². The van der Waals surface area contributed by atoms with Crippen LogP contribution in [-0.4, -0.2) is 34.8 Å². The normalized spacial score (nSPS) is 18.2. The second kappa shape index (κ2) is 9.70. The molecule has 1 fully saturated rings. The summed E-state index contributed by atoms with van der Waals surface area (Å²) in [6.45, 7) is 0.934. The van der Waals surface area contributed by atoms with Gasteiger partial charge in [0.05, 0.1) is 5.69 Å². The lowest BCUT2D eigenvalue weighted by Gasteiger charge is -2.33. The number of hydrogen-bond acceptors (Lipinski definition) is 3. The first kappa shape index (κ1) is 23.7. The van der Waals surface area contributed by atoms with Crippen molar-refractivity contribution in [2.24, 2.45) is 7.05 Å². The van der Waals surface area contributed by atoms with E-state index < -0.39 is 40.8 Å². The maximum absolute atomic E-state index is 14.7. The molecule has 4 rings (SSSR count). The van der Waals surface area contributed by atoms with Crippen LogP contribution in [0.15, 0.2) is 42.6 Å². The van der Waals surface area contributed by atoms with E-state index in [-0.39, 0.29) is 23.9 Å². The molecule has 0 spiro atoms. The minimum Gasteiger partial charge on any atom is -0.347 e. The van der Waals surface area contributed by atoms with Crippen molar-refractivity contribution in [2.75, 3.05) is 13.1 Å². The summed E-state index contributed by atoms with van der Waals surface area (Å²) in [6, 6.07) is 6.80. The van der Waals surface area contributed by atoms with Crippen molar-refractivity contribution in [1.29, 1.82) is 0 Å². The smallest absolute Gasteiger partial charge is 0.257 e. The SMILES string of the molecule is Cl.Cn1nccc1-c1cc(F)c(C(=O)N[C@@H]2CNCC[C@H]2c2ccc(F)c(F)c2)c(F)c1. The Kier molecular flexibility index (Phi) is 7.20. The van der Waals surface area contributed by atoms with Crippen LogP contribution in [0, 0.1) is 23.3 Å². The monoisotopic (exact) mass is 468 g/mol. The van der Waals surface area contributed by atoms with E-state index in [1.165, 1.54) is 16.9 Å². The van der Waals surface area contributed by atoms with Gasteiger partial charge < -0.3 is 10.6 Å². The molecule has 1 saturated heterocycles. The fraction of sp³-hybridized carbons (Fsp3) is 0.273. The average molecular weight is 469 g/mol. The molecule has 2 aromatic carbocycles. The summed E-state index contributed by atoms with van der Waals surface area (Å²) < 4.78 is 57.9. The Morgan fingerprint density at radius 1 is 1.06 bits per heavy atom. The molecular weight excluding hydrogens is 448 g/mol. The standard InChI is InChI=1S/C22H20F4N4O.ClH/c1-30-20(5-7-28-30)13-9-17(25)21(18(26)10-13)22(31)29-19-11-27-6-4-14(19)12-2-3-15(23)16(24)8-12;/h2-3,5,7-10,14,19,27H,4,6,11H2,1H3,(H,29,31);1H/t14-,19+;/m0./s1. The number of amides is 1. The van der Waals surface area contributed by atoms with Gasteiger partial charge in [-0.3, -0.25) is 9.48 Å². The first-order valence-corrected chi connectivity index (χ1v) is 9.79. The van der Waals surface area contributed by atoms with E-state index in [1.54, 1.807) is 13.1 Å². The lowest BCUT2D eigenvalue weighted by Crippen LogP contribution is -2.50. The number of halogens is 5. The Labute approximate surface area is 188 Å². The molecule has 3 aromatic rings. The molecule has 2 N–H and O–H groups in total. The van der Waals surface area contributed by atoms with Crippen molar-refractivity contribution in [3.8, 4) is 11.3 Å². The number of piperidine rings is 1. The summed E-state index contributed by atoms with van der Waals surface area (Å²) >= 11 is 0. The Bertz CT molecular complexity index is 1110. The molecule has 5 nitrogen and oxygen atoms in total. The molecule has 170 valence electrons. The third kappa shape index (κ3) is 4.63. The van der Waals surface area contributed by atoms with E-state index in [9.17, 15) is 22.4 Å². The van der Waals surface area contributed by atoms with Crippen molar-refractivity contribution in [3.63, 3.8) is 0 Å². The summed E-state index contributed by atoms with van der Waals surface area (Å²) in [6.07, 6.45) is 2.04. The first-order valence-electron chi connectivity index (χ1n) is 9.79. The van der Waals surface area contributed by atoms with Crippen molar-refractivity contribution in [2.45, 2.75) is 18.4 Å². The van der Waals surface area contributed by atoms with Gasteiger partial charge in [0.15, 0.2) is 11.6 Å². The highest BCUT2D eigenvalue weighted by atomic mass is 35.5. The van der Waals surface area contributed by atoms with Gasteiger partial charge in [-0.2, -0.15) is 5.10 Å². The summed E-state index contributed by atoms with van der Waals surface area (Å²) in [5.41, 5.74) is 0.573. The number of carbonyl (C=O) groups excluding carboxylic acids is 1. The van der Waals surface area contributed by atoms with Crippen LogP contribution in [0.1, 0.15) is 28.3 Å². The molecule has 0 unspecified atom stereocenters. The minimum absolute atomic E-state index is 0. The Morgan fingerprint density at radius 2 is 1.78 bits per heavy atom. The molecule has 32 heavy (non-hydrogen) atoms. The second-order valence-corrected chi connectivity index (χ2v) is 7.51. The van der Waals surface area contributed by atoms with Gasteiger partial charge in [-0.1, -0.05) is 6.07 Å². The molecule has 1 aromatic heterocycles. The van der Waals surface area contributed by atoms with Gasteiger partial charge in [0, 0.05) is 37.3 Å². The summed E-state index contributed by atoms with van der Waals surface area (Å²) in [5.74, 6) is -5.18. The number of carbonyl (C=O) groups is 1. The minimum atomic E-state index is -0.998. The van der Waals surface area contributed by atoms with E-state index in [1.807, 2.05) is 0 Å². The van der Waals surface area contributed by atoms with Gasteiger partial charge in [-0.05, 0) is 48.9 Å².